The first-order chi connectivity index (χ1) is 9.43. The van der Waals surface area contributed by atoms with Crippen LogP contribution in [0.15, 0.2) is 0 Å². The molecule has 1 saturated carbocycles. The predicted octanol–water partition coefficient (Wildman–Crippen LogP) is 1.68. The lowest BCUT2D eigenvalue weighted by molar-refractivity contribution is -0.185. The summed E-state index contributed by atoms with van der Waals surface area (Å²) in [5.74, 6) is -1.79. The number of nitriles is 1. The van der Waals surface area contributed by atoms with E-state index in [-0.39, 0.29) is 37.5 Å². The summed E-state index contributed by atoms with van der Waals surface area (Å²) in [6.45, 7) is 1.51. The van der Waals surface area contributed by atoms with Crippen LogP contribution in [0.2, 0.25) is 0 Å². The average Bonchev–Trinajstić information content (AvgIpc) is 2.45. The first kappa shape index (κ1) is 15.1. The smallest absolute Gasteiger partial charge is 0.324 e. The Kier molecular flexibility index (Phi) is 4.53. The van der Waals surface area contributed by atoms with E-state index in [0.717, 1.165) is 0 Å². The molecule has 20 heavy (non-hydrogen) atoms. The Labute approximate surface area is 115 Å². The maximum absolute atomic E-state index is 12.6. The summed E-state index contributed by atoms with van der Waals surface area (Å²) >= 11 is 0. The number of piperazine rings is 1. The van der Waals surface area contributed by atoms with Crippen LogP contribution >= 0.6 is 0 Å². The SMILES string of the molecule is N#CC1CNCCN1C(=O)C1CCC(C(F)(F)F)CC1. The molecule has 1 saturated heterocycles. The highest BCUT2D eigenvalue weighted by molar-refractivity contribution is 5.79. The van der Waals surface area contributed by atoms with Crippen LogP contribution in [0.1, 0.15) is 25.7 Å². The van der Waals surface area contributed by atoms with Gasteiger partial charge in [0.05, 0.1) is 12.0 Å². The van der Waals surface area contributed by atoms with Crippen LogP contribution in [-0.4, -0.2) is 42.7 Å². The van der Waals surface area contributed by atoms with Gasteiger partial charge in [0.2, 0.25) is 5.91 Å². The molecule has 0 bridgehead atoms. The Morgan fingerprint density at radius 3 is 2.45 bits per heavy atom. The third-order valence-electron chi connectivity index (χ3n) is 4.21. The van der Waals surface area contributed by atoms with Crippen LogP contribution in [0.4, 0.5) is 13.2 Å². The van der Waals surface area contributed by atoms with Gasteiger partial charge >= 0.3 is 6.18 Å². The minimum atomic E-state index is -4.15. The van der Waals surface area contributed by atoms with E-state index in [2.05, 4.69) is 11.4 Å². The van der Waals surface area contributed by atoms with Crippen molar-refractivity contribution in [2.45, 2.75) is 37.9 Å². The molecular formula is C13H18F3N3O. The normalized spacial score (nSPS) is 31.7. The van der Waals surface area contributed by atoms with E-state index in [1.807, 2.05) is 0 Å². The van der Waals surface area contributed by atoms with E-state index in [1.165, 1.54) is 4.90 Å². The molecule has 1 atom stereocenters. The number of carbonyl (C=O) groups excluding carboxylic acids is 1. The quantitative estimate of drug-likeness (QED) is 0.799. The molecule has 1 heterocycles. The van der Waals surface area contributed by atoms with Gasteiger partial charge in [-0.2, -0.15) is 18.4 Å². The Bertz CT molecular complexity index is 397. The highest BCUT2D eigenvalue weighted by atomic mass is 19.4. The van der Waals surface area contributed by atoms with Crippen molar-refractivity contribution in [2.24, 2.45) is 11.8 Å². The largest absolute Gasteiger partial charge is 0.391 e. The van der Waals surface area contributed by atoms with Crippen molar-refractivity contribution in [3.05, 3.63) is 0 Å². The van der Waals surface area contributed by atoms with Crippen LogP contribution in [-0.2, 0) is 4.79 Å². The molecule has 0 spiro atoms. The Morgan fingerprint density at radius 2 is 1.90 bits per heavy atom. The molecule has 4 nitrogen and oxygen atoms in total. The first-order valence-electron chi connectivity index (χ1n) is 6.91. The second-order valence-corrected chi connectivity index (χ2v) is 5.47. The number of amides is 1. The standard InChI is InChI=1S/C13H18F3N3O/c14-13(15,16)10-3-1-9(2-4-10)12(20)19-6-5-18-8-11(19)7-17/h9-11,18H,1-6,8H2. The molecule has 1 aliphatic carbocycles. The van der Waals surface area contributed by atoms with E-state index in [1.54, 1.807) is 0 Å². The molecule has 7 heteroatoms. The van der Waals surface area contributed by atoms with Gasteiger partial charge in [-0.05, 0) is 25.7 Å². The van der Waals surface area contributed by atoms with Gasteiger partial charge in [-0.25, -0.2) is 0 Å². The second-order valence-electron chi connectivity index (χ2n) is 5.47. The molecule has 1 N–H and O–H groups in total. The van der Waals surface area contributed by atoms with Crippen LogP contribution in [0, 0.1) is 23.2 Å². The van der Waals surface area contributed by atoms with Crippen molar-refractivity contribution in [3.8, 4) is 6.07 Å². The van der Waals surface area contributed by atoms with E-state index in [9.17, 15) is 18.0 Å². The zero-order chi connectivity index (χ0) is 14.8. The van der Waals surface area contributed by atoms with E-state index < -0.39 is 18.1 Å². The van der Waals surface area contributed by atoms with Crippen LogP contribution < -0.4 is 5.32 Å². The lowest BCUT2D eigenvalue weighted by Crippen LogP contribution is -2.54. The number of hydrogen-bond donors (Lipinski definition) is 1. The van der Waals surface area contributed by atoms with Gasteiger partial charge in [0.15, 0.2) is 0 Å². The van der Waals surface area contributed by atoms with E-state index >= 15 is 0 Å². The minimum absolute atomic E-state index is 0.0171. The minimum Gasteiger partial charge on any atom is -0.324 e. The first-order valence-corrected chi connectivity index (χ1v) is 6.91. The molecule has 0 radical (unpaired) electrons. The van der Waals surface area contributed by atoms with Crippen molar-refractivity contribution >= 4 is 5.91 Å². The Morgan fingerprint density at radius 1 is 1.25 bits per heavy atom. The molecule has 1 aliphatic heterocycles. The molecule has 1 amide bonds. The van der Waals surface area contributed by atoms with Gasteiger partial charge < -0.3 is 10.2 Å². The third-order valence-corrected chi connectivity index (χ3v) is 4.21. The molecule has 1 unspecified atom stereocenters. The summed E-state index contributed by atoms with van der Waals surface area (Å²) in [6, 6.07) is 1.57. The Balaban J connectivity index is 1.93. The molecule has 112 valence electrons. The summed E-state index contributed by atoms with van der Waals surface area (Å²) in [5, 5.41) is 12.1. The summed E-state index contributed by atoms with van der Waals surface area (Å²) in [7, 11) is 0. The summed E-state index contributed by atoms with van der Waals surface area (Å²) in [4.78, 5) is 13.9. The highest BCUT2D eigenvalue weighted by Crippen LogP contribution is 2.40. The van der Waals surface area contributed by atoms with E-state index in [4.69, 9.17) is 5.26 Å². The fraction of sp³-hybridized carbons (Fsp3) is 0.846. The summed E-state index contributed by atoms with van der Waals surface area (Å²) < 4.78 is 37.8. The fourth-order valence-corrected chi connectivity index (χ4v) is 2.99. The molecule has 0 aromatic heterocycles. The number of halogens is 3. The lowest BCUT2D eigenvalue weighted by atomic mass is 9.81. The Hall–Kier alpha value is -1.29. The maximum Gasteiger partial charge on any atom is 0.391 e. The highest BCUT2D eigenvalue weighted by Gasteiger charge is 2.43. The molecule has 2 rings (SSSR count). The van der Waals surface area contributed by atoms with Crippen molar-refractivity contribution in [1.82, 2.24) is 10.2 Å². The van der Waals surface area contributed by atoms with E-state index in [0.29, 0.717) is 19.6 Å². The monoisotopic (exact) mass is 289 g/mol. The van der Waals surface area contributed by atoms with Crippen LogP contribution in [0.25, 0.3) is 0 Å². The fourth-order valence-electron chi connectivity index (χ4n) is 2.99. The summed E-state index contributed by atoms with van der Waals surface area (Å²) in [5.41, 5.74) is 0. The number of alkyl halides is 3. The zero-order valence-corrected chi connectivity index (χ0v) is 11.1. The van der Waals surface area contributed by atoms with Gasteiger partial charge in [-0.15, -0.1) is 0 Å². The zero-order valence-electron chi connectivity index (χ0n) is 11.1. The number of nitrogens with one attached hydrogen (secondary N) is 1. The van der Waals surface area contributed by atoms with Gasteiger partial charge in [-0.3, -0.25) is 4.79 Å². The topological polar surface area (TPSA) is 56.1 Å². The van der Waals surface area contributed by atoms with Gasteiger partial charge in [0.25, 0.3) is 0 Å². The van der Waals surface area contributed by atoms with Gasteiger partial charge in [0.1, 0.15) is 6.04 Å². The van der Waals surface area contributed by atoms with Crippen LogP contribution in [0.3, 0.4) is 0 Å². The second kappa shape index (κ2) is 6.00. The molecular weight excluding hydrogens is 271 g/mol. The van der Waals surface area contributed by atoms with Crippen molar-refractivity contribution in [1.29, 1.82) is 5.26 Å². The number of nitrogens with zero attached hydrogens (tertiary/aromatic N) is 2. The predicted molar refractivity (Wildman–Crippen MR) is 65.5 cm³/mol. The number of carbonyl (C=O) groups is 1. The average molecular weight is 289 g/mol. The summed E-state index contributed by atoms with van der Waals surface area (Å²) in [6.07, 6.45) is -3.58. The molecule has 2 aliphatic rings. The molecule has 2 fully saturated rings. The molecule has 0 aromatic carbocycles. The van der Waals surface area contributed by atoms with Gasteiger partial charge in [0, 0.05) is 25.6 Å². The molecule has 0 aromatic rings. The maximum atomic E-state index is 12.6. The lowest BCUT2D eigenvalue weighted by Gasteiger charge is -2.37. The van der Waals surface area contributed by atoms with Crippen LogP contribution in [0.5, 0.6) is 0 Å². The van der Waals surface area contributed by atoms with Gasteiger partial charge in [-0.1, -0.05) is 0 Å². The third kappa shape index (κ3) is 3.23. The number of rotatable bonds is 1. The van der Waals surface area contributed by atoms with Crippen molar-refractivity contribution < 1.29 is 18.0 Å². The number of hydrogen-bond acceptors (Lipinski definition) is 3. The van der Waals surface area contributed by atoms with Crippen molar-refractivity contribution in [3.63, 3.8) is 0 Å². The van der Waals surface area contributed by atoms with Crippen molar-refractivity contribution in [2.75, 3.05) is 19.6 Å².